The summed E-state index contributed by atoms with van der Waals surface area (Å²) in [5, 5.41) is 9.10. The molecular weight excluding hydrogens is 218 g/mol. The number of carbonyl (C=O) groups is 1. The zero-order valence-corrected chi connectivity index (χ0v) is 9.97. The Balaban J connectivity index is 1.98. The summed E-state index contributed by atoms with van der Waals surface area (Å²) in [7, 11) is 0. The summed E-state index contributed by atoms with van der Waals surface area (Å²) in [5.41, 5.74) is 0. The Morgan fingerprint density at radius 3 is 2.76 bits per heavy atom. The SMILES string of the molecule is O=Cc1ccc(CN(CCO)C2CCCC2)o1. The van der Waals surface area contributed by atoms with Crippen molar-refractivity contribution in [1.29, 1.82) is 0 Å². The summed E-state index contributed by atoms with van der Waals surface area (Å²) in [6, 6.07) is 4.07. The minimum atomic E-state index is 0.164. The minimum Gasteiger partial charge on any atom is -0.457 e. The van der Waals surface area contributed by atoms with Crippen molar-refractivity contribution < 1.29 is 14.3 Å². The molecule has 1 heterocycles. The van der Waals surface area contributed by atoms with Gasteiger partial charge in [0.15, 0.2) is 12.0 Å². The fourth-order valence-corrected chi connectivity index (χ4v) is 2.53. The number of aldehydes is 1. The molecule has 4 nitrogen and oxygen atoms in total. The van der Waals surface area contributed by atoms with Crippen LogP contribution < -0.4 is 0 Å². The van der Waals surface area contributed by atoms with Gasteiger partial charge in [-0.05, 0) is 25.0 Å². The molecule has 1 aromatic heterocycles. The second kappa shape index (κ2) is 5.98. The van der Waals surface area contributed by atoms with E-state index in [1.54, 1.807) is 6.07 Å². The molecule has 17 heavy (non-hydrogen) atoms. The first-order valence-electron chi connectivity index (χ1n) is 6.22. The van der Waals surface area contributed by atoms with Crippen molar-refractivity contribution in [3.8, 4) is 0 Å². The quantitative estimate of drug-likeness (QED) is 0.767. The van der Waals surface area contributed by atoms with Crippen molar-refractivity contribution >= 4 is 6.29 Å². The lowest BCUT2D eigenvalue weighted by Gasteiger charge is -2.26. The topological polar surface area (TPSA) is 53.7 Å². The van der Waals surface area contributed by atoms with Crippen LogP contribution >= 0.6 is 0 Å². The van der Waals surface area contributed by atoms with Crippen LogP contribution in [-0.2, 0) is 6.54 Å². The van der Waals surface area contributed by atoms with E-state index in [0.717, 1.165) is 12.0 Å². The van der Waals surface area contributed by atoms with Crippen LogP contribution in [-0.4, -0.2) is 35.5 Å². The van der Waals surface area contributed by atoms with E-state index in [0.29, 0.717) is 24.9 Å². The van der Waals surface area contributed by atoms with Crippen LogP contribution in [0.25, 0.3) is 0 Å². The molecule has 0 aliphatic heterocycles. The first kappa shape index (κ1) is 12.3. The van der Waals surface area contributed by atoms with Gasteiger partial charge in [-0.25, -0.2) is 0 Å². The summed E-state index contributed by atoms with van der Waals surface area (Å²) < 4.78 is 5.38. The number of furan rings is 1. The number of aliphatic hydroxyl groups excluding tert-OH is 1. The highest BCUT2D eigenvalue weighted by Gasteiger charge is 2.22. The van der Waals surface area contributed by atoms with Crippen molar-refractivity contribution in [3.63, 3.8) is 0 Å². The molecule has 2 rings (SSSR count). The summed E-state index contributed by atoms with van der Waals surface area (Å²) in [6.07, 6.45) is 5.65. The molecule has 1 aliphatic rings. The van der Waals surface area contributed by atoms with Crippen molar-refractivity contribution in [3.05, 3.63) is 23.7 Å². The molecule has 0 radical (unpaired) electrons. The summed E-state index contributed by atoms with van der Waals surface area (Å²) in [6.45, 7) is 1.51. The second-order valence-corrected chi connectivity index (χ2v) is 4.55. The fraction of sp³-hybridized carbons (Fsp3) is 0.615. The van der Waals surface area contributed by atoms with Crippen molar-refractivity contribution in [2.75, 3.05) is 13.2 Å². The van der Waals surface area contributed by atoms with Crippen LogP contribution in [0.1, 0.15) is 42.0 Å². The van der Waals surface area contributed by atoms with Crippen molar-refractivity contribution in [2.45, 2.75) is 38.3 Å². The summed E-state index contributed by atoms with van der Waals surface area (Å²) >= 11 is 0. The summed E-state index contributed by atoms with van der Waals surface area (Å²) in [5.74, 6) is 1.17. The minimum absolute atomic E-state index is 0.164. The number of aliphatic hydroxyl groups is 1. The van der Waals surface area contributed by atoms with E-state index in [1.165, 1.54) is 25.7 Å². The third-order valence-electron chi connectivity index (χ3n) is 3.39. The van der Waals surface area contributed by atoms with E-state index in [-0.39, 0.29) is 6.61 Å². The molecule has 0 bridgehead atoms. The third-order valence-corrected chi connectivity index (χ3v) is 3.39. The molecule has 0 atom stereocenters. The van der Waals surface area contributed by atoms with Gasteiger partial charge in [-0.1, -0.05) is 12.8 Å². The maximum absolute atomic E-state index is 10.5. The Hall–Kier alpha value is -1.13. The lowest BCUT2D eigenvalue weighted by atomic mass is 10.2. The molecule has 1 N–H and O–H groups in total. The normalized spacial score (nSPS) is 16.8. The van der Waals surface area contributed by atoms with Crippen LogP contribution in [0, 0.1) is 0 Å². The number of rotatable bonds is 6. The van der Waals surface area contributed by atoms with E-state index in [9.17, 15) is 4.79 Å². The monoisotopic (exact) mass is 237 g/mol. The average molecular weight is 237 g/mol. The molecule has 4 heteroatoms. The number of hydrogen-bond donors (Lipinski definition) is 1. The Bertz CT molecular complexity index is 355. The second-order valence-electron chi connectivity index (χ2n) is 4.55. The molecule has 1 saturated carbocycles. The zero-order valence-electron chi connectivity index (χ0n) is 9.97. The average Bonchev–Trinajstić information content (AvgIpc) is 2.99. The largest absolute Gasteiger partial charge is 0.457 e. The van der Waals surface area contributed by atoms with Gasteiger partial charge < -0.3 is 9.52 Å². The Morgan fingerprint density at radius 1 is 1.41 bits per heavy atom. The predicted molar refractivity (Wildman–Crippen MR) is 63.8 cm³/mol. The van der Waals surface area contributed by atoms with Gasteiger partial charge in [0.05, 0.1) is 13.2 Å². The van der Waals surface area contributed by atoms with Crippen LogP contribution in [0.5, 0.6) is 0 Å². The van der Waals surface area contributed by atoms with Gasteiger partial charge >= 0.3 is 0 Å². The van der Waals surface area contributed by atoms with Gasteiger partial charge in [0.25, 0.3) is 0 Å². The lowest BCUT2D eigenvalue weighted by Crippen LogP contribution is -2.34. The van der Waals surface area contributed by atoms with E-state index in [4.69, 9.17) is 9.52 Å². The van der Waals surface area contributed by atoms with Crippen LogP contribution in [0.2, 0.25) is 0 Å². The predicted octanol–water partition coefficient (Wildman–Crippen LogP) is 1.83. The first-order chi connectivity index (χ1) is 8.33. The maximum Gasteiger partial charge on any atom is 0.185 e. The van der Waals surface area contributed by atoms with Gasteiger partial charge in [-0.2, -0.15) is 0 Å². The zero-order chi connectivity index (χ0) is 12.1. The highest BCUT2D eigenvalue weighted by atomic mass is 16.3. The molecule has 0 aromatic carbocycles. The Morgan fingerprint density at radius 2 is 2.18 bits per heavy atom. The molecule has 1 fully saturated rings. The van der Waals surface area contributed by atoms with E-state index < -0.39 is 0 Å². The smallest absolute Gasteiger partial charge is 0.185 e. The van der Waals surface area contributed by atoms with Gasteiger partial charge in [-0.3, -0.25) is 9.69 Å². The first-order valence-corrected chi connectivity index (χ1v) is 6.22. The van der Waals surface area contributed by atoms with Crippen LogP contribution in [0.15, 0.2) is 16.5 Å². The number of carbonyl (C=O) groups excluding carboxylic acids is 1. The standard InChI is InChI=1S/C13H19NO3/c15-8-7-14(11-3-1-2-4-11)9-12-5-6-13(10-16)17-12/h5-6,10-11,15H,1-4,7-9H2. The van der Waals surface area contributed by atoms with Crippen molar-refractivity contribution in [1.82, 2.24) is 4.90 Å². The van der Waals surface area contributed by atoms with Gasteiger partial charge in [0, 0.05) is 12.6 Å². The van der Waals surface area contributed by atoms with Gasteiger partial charge in [0.2, 0.25) is 0 Å². The van der Waals surface area contributed by atoms with Gasteiger partial charge in [0.1, 0.15) is 5.76 Å². The molecule has 1 aliphatic carbocycles. The van der Waals surface area contributed by atoms with E-state index in [1.807, 2.05) is 6.07 Å². The molecular formula is C13H19NO3. The van der Waals surface area contributed by atoms with Crippen molar-refractivity contribution in [2.24, 2.45) is 0 Å². The molecule has 1 aromatic rings. The molecule has 94 valence electrons. The lowest BCUT2D eigenvalue weighted by molar-refractivity contribution is 0.108. The maximum atomic E-state index is 10.5. The van der Waals surface area contributed by atoms with Crippen LogP contribution in [0.3, 0.4) is 0 Å². The van der Waals surface area contributed by atoms with E-state index in [2.05, 4.69) is 4.90 Å². The molecule has 0 unspecified atom stereocenters. The highest BCUT2D eigenvalue weighted by Crippen LogP contribution is 2.25. The molecule has 0 saturated heterocycles. The fourth-order valence-electron chi connectivity index (χ4n) is 2.53. The van der Waals surface area contributed by atoms with Gasteiger partial charge in [-0.15, -0.1) is 0 Å². The van der Waals surface area contributed by atoms with Crippen LogP contribution in [0.4, 0.5) is 0 Å². The number of hydrogen-bond acceptors (Lipinski definition) is 4. The Kier molecular flexibility index (Phi) is 4.34. The Labute approximate surface area is 101 Å². The molecule has 0 amide bonds. The van der Waals surface area contributed by atoms with E-state index >= 15 is 0 Å². The summed E-state index contributed by atoms with van der Waals surface area (Å²) in [4.78, 5) is 12.8. The third kappa shape index (κ3) is 3.17. The number of nitrogens with zero attached hydrogens (tertiary/aromatic N) is 1. The highest BCUT2D eigenvalue weighted by molar-refractivity contribution is 5.70. The molecule has 0 spiro atoms.